The topological polar surface area (TPSA) is 101 Å². The minimum absolute atomic E-state index is 0.145. The lowest BCUT2D eigenvalue weighted by Gasteiger charge is -2.13. The molecule has 140 valence electrons. The Morgan fingerprint density at radius 1 is 1.24 bits per heavy atom. The molecule has 0 aliphatic carbocycles. The van der Waals surface area contributed by atoms with Gasteiger partial charge in [-0.2, -0.15) is 0 Å². The number of rotatable bonds is 7. The van der Waals surface area contributed by atoms with Crippen molar-refractivity contribution in [3.8, 4) is 5.75 Å². The molecule has 0 aromatic heterocycles. The third kappa shape index (κ3) is 8.38. The van der Waals surface area contributed by atoms with E-state index in [1.807, 2.05) is 24.1 Å². The van der Waals surface area contributed by atoms with Crippen LogP contribution < -0.4 is 0 Å². The summed E-state index contributed by atoms with van der Waals surface area (Å²) in [6.07, 6.45) is 4.00. The molecule has 0 amide bonds. The Hall–Kier alpha value is -1.57. The van der Waals surface area contributed by atoms with E-state index in [1.165, 1.54) is 5.56 Å². The van der Waals surface area contributed by atoms with Crippen molar-refractivity contribution in [1.29, 1.82) is 0 Å². The molecular formula is C18H30BNO5. The standard InChI is InChI=1S/C9H18BNO4.C9H12O/c1-11-5-7(3-2-4-10(14)15)8(6-11)9(12)13;1-2-3-8-4-6-9(10)7-5-8/h7-8,14-15H,2-6H2,1H3,(H,12,13);4-7,10H,2-3H2,1H3. The molecule has 2 rings (SSSR count). The molecule has 1 aliphatic heterocycles. The second kappa shape index (κ2) is 11.1. The molecule has 6 nitrogen and oxygen atoms in total. The lowest BCUT2D eigenvalue weighted by molar-refractivity contribution is -0.142. The molecule has 0 radical (unpaired) electrons. The predicted octanol–water partition coefficient (Wildman–Crippen LogP) is 1.85. The number of hydrogen-bond acceptors (Lipinski definition) is 5. The number of phenols is 1. The van der Waals surface area contributed by atoms with E-state index in [4.69, 9.17) is 20.3 Å². The largest absolute Gasteiger partial charge is 0.508 e. The summed E-state index contributed by atoms with van der Waals surface area (Å²) in [5, 5.41) is 35.3. The molecule has 0 spiro atoms. The fourth-order valence-electron chi connectivity index (χ4n) is 3.17. The number of benzene rings is 1. The zero-order chi connectivity index (χ0) is 18.8. The Morgan fingerprint density at radius 2 is 1.88 bits per heavy atom. The smallest absolute Gasteiger partial charge is 0.451 e. The van der Waals surface area contributed by atoms with E-state index in [-0.39, 0.29) is 11.8 Å². The summed E-state index contributed by atoms with van der Waals surface area (Å²) in [5.74, 6) is -0.550. The number of nitrogens with zero attached hydrogens (tertiary/aromatic N) is 1. The lowest BCUT2D eigenvalue weighted by Crippen LogP contribution is -2.22. The van der Waals surface area contributed by atoms with Crippen LogP contribution in [0.5, 0.6) is 5.75 Å². The van der Waals surface area contributed by atoms with Gasteiger partial charge in [0.2, 0.25) is 0 Å². The zero-order valence-electron chi connectivity index (χ0n) is 15.1. The number of carbonyl (C=O) groups is 1. The Kier molecular flexibility index (Phi) is 9.56. The second-order valence-corrected chi connectivity index (χ2v) is 6.75. The number of carboxylic acids is 1. The summed E-state index contributed by atoms with van der Waals surface area (Å²) in [4.78, 5) is 12.9. The van der Waals surface area contributed by atoms with E-state index >= 15 is 0 Å². The van der Waals surface area contributed by atoms with Crippen LogP contribution in [0.25, 0.3) is 0 Å². The van der Waals surface area contributed by atoms with Crippen molar-refractivity contribution in [1.82, 2.24) is 4.90 Å². The first kappa shape index (κ1) is 21.5. The molecule has 1 saturated heterocycles. The molecule has 2 atom stereocenters. The molecule has 1 aromatic rings. The fraction of sp³-hybridized carbons (Fsp3) is 0.611. The highest BCUT2D eigenvalue weighted by molar-refractivity contribution is 6.40. The van der Waals surface area contributed by atoms with Crippen molar-refractivity contribution in [3.05, 3.63) is 29.8 Å². The van der Waals surface area contributed by atoms with Crippen LogP contribution in [0.2, 0.25) is 6.32 Å². The average Bonchev–Trinajstić information content (AvgIpc) is 2.91. The molecule has 1 heterocycles. The second-order valence-electron chi connectivity index (χ2n) is 6.75. The van der Waals surface area contributed by atoms with Crippen molar-refractivity contribution < 1.29 is 25.1 Å². The first-order valence-corrected chi connectivity index (χ1v) is 8.88. The van der Waals surface area contributed by atoms with Crippen LogP contribution in [-0.2, 0) is 11.2 Å². The molecule has 7 heteroatoms. The van der Waals surface area contributed by atoms with Crippen molar-refractivity contribution in [3.63, 3.8) is 0 Å². The van der Waals surface area contributed by atoms with Gasteiger partial charge in [-0.25, -0.2) is 0 Å². The van der Waals surface area contributed by atoms with E-state index in [0.717, 1.165) is 25.8 Å². The van der Waals surface area contributed by atoms with E-state index in [0.29, 0.717) is 25.0 Å². The molecule has 0 saturated carbocycles. The summed E-state index contributed by atoms with van der Waals surface area (Å²) in [7, 11) is 0.643. The highest BCUT2D eigenvalue weighted by Gasteiger charge is 2.35. The first-order valence-electron chi connectivity index (χ1n) is 8.88. The van der Waals surface area contributed by atoms with Gasteiger partial charge >= 0.3 is 13.1 Å². The van der Waals surface area contributed by atoms with E-state index in [9.17, 15) is 4.79 Å². The molecule has 0 bridgehead atoms. The van der Waals surface area contributed by atoms with Gasteiger partial charge in [-0.05, 0) is 49.8 Å². The van der Waals surface area contributed by atoms with Gasteiger partial charge in [0, 0.05) is 13.1 Å². The minimum atomic E-state index is -1.27. The molecule has 1 fully saturated rings. The van der Waals surface area contributed by atoms with Crippen molar-refractivity contribution in [2.24, 2.45) is 11.8 Å². The van der Waals surface area contributed by atoms with Gasteiger partial charge in [0.25, 0.3) is 0 Å². The number of carboxylic acid groups (broad SMARTS) is 1. The third-order valence-corrected chi connectivity index (χ3v) is 4.45. The SMILES string of the molecule is CCCc1ccc(O)cc1.CN1CC(CCCB(O)O)C(C(=O)O)C1. The summed E-state index contributed by atoms with van der Waals surface area (Å²) in [6.45, 7) is 3.53. The van der Waals surface area contributed by atoms with Crippen LogP contribution in [0.4, 0.5) is 0 Å². The molecule has 4 N–H and O–H groups in total. The number of likely N-dealkylation sites (tertiary alicyclic amines) is 1. The number of aryl methyl sites for hydroxylation is 1. The van der Waals surface area contributed by atoms with Gasteiger partial charge in [0.15, 0.2) is 0 Å². The van der Waals surface area contributed by atoms with Crippen LogP contribution in [0, 0.1) is 11.8 Å². The maximum absolute atomic E-state index is 10.9. The normalized spacial score (nSPS) is 20.0. The zero-order valence-corrected chi connectivity index (χ0v) is 15.1. The Bertz CT molecular complexity index is 509. The highest BCUT2D eigenvalue weighted by Crippen LogP contribution is 2.27. The van der Waals surface area contributed by atoms with Gasteiger partial charge < -0.3 is 25.2 Å². The summed E-state index contributed by atoms with van der Waals surface area (Å²) in [5.41, 5.74) is 1.29. The van der Waals surface area contributed by atoms with Crippen LogP contribution in [0.15, 0.2) is 24.3 Å². The average molecular weight is 351 g/mol. The van der Waals surface area contributed by atoms with Crippen molar-refractivity contribution in [2.45, 2.75) is 38.9 Å². The van der Waals surface area contributed by atoms with Gasteiger partial charge in [-0.3, -0.25) is 4.79 Å². The number of aromatic hydroxyl groups is 1. The lowest BCUT2D eigenvalue weighted by atomic mass is 9.80. The number of aliphatic carboxylic acids is 1. The monoisotopic (exact) mass is 351 g/mol. The van der Waals surface area contributed by atoms with Crippen LogP contribution in [-0.4, -0.2) is 58.4 Å². The molecule has 1 aliphatic rings. The van der Waals surface area contributed by atoms with E-state index in [1.54, 1.807) is 12.1 Å². The summed E-state index contributed by atoms with van der Waals surface area (Å²) in [6, 6.07) is 7.37. The Balaban J connectivity index is 0.000000271. The van der Waals surface area contributed by atoms with Crippen molar-refractivity contribution in [2.75, 3.05) is 20.1 Å². The Morgan fingerprint density at radius 3 is 2.40 bits per heavy atom. The molecule has 2 unspecified atom stereocenters. The molecule has 1 aromatic carbocycles. The minimum Gasteiger partial charge on any atom is -0.508 e. The van der Waals surface area contributed by atoms with Gasteiger partial charge in [-0.15, -0.1) is 0 Å². The maximum atomic E-state index is 10.9. The Labute approximate surface area is 150 Å². The summed E-state index contributed by atoms with van der Waals surface area (Å²) < 4.78 is 0. The third-order valence-electron chi connectivity index (χ3n) is 4.45. The molecule has 25 heavy (non-hydrogen) atoms. The quantitative estimate of drug-likeness (QED) is 0.560. The number of hydrogen-bond donors (Lipinski definition) is 4. The van der Waals surface area contributed by atoms with Gasteiger partial charge in [0.05, 0.1) is 5.92 Å². The highest BCUT2D eigenvalue weighted by atomic mass is 16.4. The fourth-order valence-corrected chi connectivity index (χ4v) is 3.17. The van der Waals surface area contributed by atoms with E-state index in [2.05, 4.69) is 6.92 Å². The van der Waals surface area contributed by atoms with E-state index < -0.39 is 13.1 Å². The van der Waals surface area contributed by atoms with Crippen molar-refractivity contribution >= 4 is 13.1 Å². The molecular weight excluding hydrogens is 321 g/mol. The first-order chi connectivity index (χ1) is 11.8. The maximum Gasteiger partial charge on any atom is 0.451 e. The van der Waals surface area contributed by atoms with Gasteiger partial charge in [0.1, 0.15) is 5.75 Å². The van der Waals surface area contributed by atoms with Crippen LogP contribution in [0.3, 0.4) is 0 Å². The number of phenolic OH excluding ortho intramolecular Hbond substituents is 1. The predicted molar refractivity (Wildman–Crippen MR) is 98.4 cm³/mol. The van der Waals surface area contributed by atoms with Crippen LogP contribution >= 0.6 is 0 Å². The summed E-state index contributed by atoms with van der Waals surface area (Å²) >= 11 is 0. The van der Waals surface area contributed by atoms with Gasteiger partial charge in [-0.1, -0.05) is 31.9 Å². The van der Waals surface area contributed by atoms with Crippen LogP contribution in [0.1, 0.15) is 31.7 Å².